The third-order valence-electron chi connectivity index (χ3n) is 10.9. The van der Waals surface area contributed by atoms with E-state index in [4.69, 9.17) is 42.6 Å². The lowest BCUT2D eigenvalue weighted by molar-refractivity contribution is -0.340. The number of rotatable bonds is 21. The van der Waals surface area contributed by atoms with Crippen LogP contribution in [-0.2, 0) is 85.3 Å². The van der Waals surface area contributed by atoms with E-state index in [1.807, 2.05) is 152 Å². The third-order valence-corrected chi connectivity index (χ3v) is 10.9. The number of ether oxygens (including phenoxy) is 9. The van der Waals surface area contributed by atoms with E-state index < -0.39 is 73.2 Å². The SMILES string of the molecule is CC(=O)N[C@@H]1[C@@H](OC(C)=O)[C@H](OCc2ccccc2)[C@@H](CO[C@@H]2O[C@H](COCc3ccccc3)[C@@H](OCc3ccccc3)[C@H](OCc3ccccc3)[C@H]2OCc2ccccc2)O[C@@H]1O. The Kier molecular flexibility index (Phi) is 17.6. The Hall–Kier alpha value is -5.32. The summed E-state index contributed by atoms with van der Waals surface area (Å²) < 4.78 is 58.8. The van der Waals surface area contributed by atoms with Crippen LogP contribution in [0.5, 0.6) is 0 Å². The van der Waals surface area contributed by atoms with Gasteiger partial charge in [0.1, 0.15) is 42.7 Å². The van der Waals surface area contributed by atoms with Crippen molar-refractivity contribution in [1.82, 2.24) is 5.32 Å². The molecule has 338 valence electrons. The topological polar surface area (TPSA) is 149 Å². The number of amides is 1. The predicted molar refractivity (Wildman–Crippen MR) is 235 cm³/mol. The van der Waals surface area contributed by atoms with Crippen LogP contribution >= 0.6 is 0 Å². The normalized spacial score (nSPS) is 25.6. The van der Waals surface area contributed by atoms with Crippen LogP contribution in [0.15, 0.2) is 152 Å². The Bertz CT molecular complexity index is 2120. The number of esters is 1. The second-order valence-corrected chi connectivity index (χ2v) is 15.8. The van der Waals surface area contributed by atoms with Gasteiger partial charge in [0.2, 0.25) is 5.91 Å². The van der Waals surface area contributed by atoms with Crippen LogP contribution in [0.1, 0.15) is 41.7 Å². The first-order chi connectivity index (χ1) is 31.3. The van der Waals surface area contributed by atoms with Crippen LogP contribution in [-0.4, -0.2) is 91.5 Å². The van der Waals surface area contributed by atoms with E-state index in [9.17, 15) is 14.7 Å². The van der Waals surface area contributed by atoms with Gasteiger partial charge in [0.05, 0.1) is 46.2 Å². The molecule has 2 saturated heterocycles. The summed E-state index contributed by atoms with van der Waals surface area (Å²) in [5.41, 5.74) is 4.65. The minimum atomic E-state index is -1.59. The highest BCUT2D eigenvalue weighted by atomic mass is 16.7. The molecule has 0 aromatic heterocycles. The van der Waals surface area contributed by atoms with Crippen molar-refractivity contribution in [1.29, 1.82) is 0 Å². The zero-order valence-electron chi connectivity index (χ0n) is 36.1. The standard InChI is InChI=1S/C51H57NO12/c1-35(53)52-44-47(62-36(2)54)45(57-29-38-20-10-4-11-21-38)43(63-50(44)55)34-61-51-49(60-32-41-26-16-7-17-27-41)48(59-31-40-24-14-6-15-25-40)46(58-30-39-22-12-5-13-23-39)42(64-51)33-56-28-37-18-8-3-9-19-37/h3-27,42-51,55H,28-34H2,1-2H3,(H,52,53)/t42-,43-,44-,45-,46-,47-,48+,49-,50+,51-/m1/s1. The Balaban J connectivity index is 1.21. The number of aliphatic hydroxyl groups excluding tert-OH is 1. The van der Waals surface area contributed by atoms with Gasteiger partial charge in [-0.25, -0.2) is 0 Å². The summed E-state index contributed by atoms with van der Waals surface area (Å²) in [6, 6.07) is 47.6. The molecule has 2 aliphatic rings. The molecule has 0 spiro atoms. The number of hydrogen-bond acceptors (Lipinski definition) is 12. The first-order valence-corrected chi connectivity index (χ1v) is 21.6. The summed E-state index contributed by atoms with van der Waals surface area (Å²) in [6.07, 6.45) is -8.99. The van der Waals surface area contributed by atoms with Crippen LogP contribution in [0.3, 0.4) is 0 Å². The predicted octanol–water partition coefficient (Wildman–Crippen LogP) is 6.44. The van der Waals surface area contributed by atoms with Gasteiger partial charge >= 0.3 is 5.97 Å². The average Bonchev–Trinajstić information content (AvgIpc) is 3.31. The fourth-order valence-corrected chi connectivity index (χ4v) is 7.81. The molecule has 0 radical (unpaired) electrons. The van der Waals surface area contributed by atoms with Crippen molar-refractivity contribution in [2.75, 3.05) is 13.2 Å². The van der Waals surface area contributed by atoms with Crippen molar-refractivity contribution in [2.45, 2.75) is 108 Å². The molecule has 0 bridgehead atoms. The summed E-state index contributed by atoms with van der Waals surface area (Å²) >= 11 is 0. The number of aliphatic hydroxyl groups is 1. The number of nitrogens with one attached hydrogen (secondary N) is 1. The van der Waals surface area contributed by atoms with Gasteiger partial charge in [0.15, 0.2) is 18.7 Å². The second kappa shape index (κ2) is 24.1. The molecule has 2 heterocycles. The lowest BCUT2D eigenvalue weighted by atomic mass is 9.95. The number of carbonyl (C=O) groups is 2. The van der Waals surface area contributed by atoms with Gasteiger partial charge in [-0.2, -0.15) is 0 Å². The maximum Gasteiger partial charge on any atom is 0.303 e. The van der Waals surface area contributed by atoms with Crippen molar-refractivity contribution in [3.63, 3.8) is 0 Å². The molecule has 5 aromatic rings. The zero-order valence-corrected chi connectivity index (χ0v) is 36.1. The summed E-state index contributed by atoms with van der Waals surface area (Å²) in [5.74, 6) is -1.09. The summed E-state index contributed by atoms with van der Waals surface area (Å²) in [4.78, 5) is 24.9. The Morgan fingerprint density at radius 3 is 1.31 bits per heavy atom. The molecule has 2 fully saturated rings. The molecule has 0 aliphatic carbocycles. The minimum Gasteiger partial charge on any atom is -0.457 e. The molecule has 7 rings (SSSR count). The third kappa shape index (κ3) is 13.6. The van der Waals surface area contributed by atoms with E-state index in [1.54, 1.807) is 0 Å². The van der Waals surface area contributed by atoms with Crippen molar-refractivity contribution in [3.05, 3.63) is 179 Å². The fourth-order valence-electron chi connectivity index (χ4n) is 7.81. The van der Waals surface area contributed by atoms with Crippen LogP contribution in [0.25, 0.3) is 0 Å². The lowest BCUT2D eigenvalue weighted by Gasteiger charge is -2.47. The maximum absolute atomic E-state index is 12.6. The van der Waals surface area contributed by atoms with Gasteiger partial charge in [0, 0.05) is 13.8 Å². The summed E-state index contributed by atoms with van der Waals surface area (Å²) in [7, 11) is 0. The first-order valence-electron chi connectivity index (χ1n) is 21.6. The van der Waals surface area contributed by atoms with Crippen LogP contribution in [0, 0.1) is 0 Å². The molecule has 2 aliphatic heterocycles. The Morgan fingerprint density at radius 1 is 0.484 bits per heavy atom. The van der Waals surface area contributed by atoms with E-state index in [-0.39, 0.29) is 39.6 Å². The van der Waals surface area contributed by atoms with Gasteiger partial charge in [-0.15, -0.1) is 0 Å². The maximum atomic E-state index is 12.6. The van der Waals surface area contributed by atoms with Crippen molar-refractivity contribution < 1.29 is 57.3 Å². The quantitative estimate of drug-likeness (QED) is 0.0782. The van der Waals surface area contributed by atoms with E-state index in [0.717, 1.165) is 27.8 Å². The van der Waals surface area contributed by atoms with Crippen LogP contribution in [0.4, 0.5) is 0 Å². The number of carbonyl (C=O) groups excluding carboxylic acids is 2. The average molecular weight is 876 g/mol. The Morgan fingerprint density at radius 2 is 0.875 bits per heavy atom. The molecular weight excluding hydrogens is 819 g/mol. The molecule has 10 atom stereocenters. The molecule has 13 nitrogen and oxygen atoms in total. The van der Waals surface area contributed by atoms with E-state index in [2.05, 4.69) is 5.32 Å². The van der Waals surface area contributed by atoms with Gasteiger partial charge in [-0.3, -0.25) is 9.59 Å². The molecule has 0 saturated carbocycles. The van der Waals surface area contributed by atoms with E-state index in [0.29, 0.717) is 6.61 Å². The molecule has 0 unspecified atom stereocenters. The summed E-state index contributed by atoms with van der Waals surface area (Å²) in [5, 5.41) is 14.0. The fraction of sp³-hybridized carbons (Fsp3) is 0.373. The van der Waals surface area contributed by atoms with Crippen LogP contribution < -0.4 is 5.32 Å². The highest BCUT2D eigenvalue weighted by molar-refractivity contribution is 5.73. The first kappa shape index (κ1) is 46.7. The van der Waals surface area contributed by atoms with Crippen molar-refractivity contribution in [3.8, 4) is 0 Å². The molecule has 64 heavy (non-hydrogen) atoms. The number of hydrogen-bond donors (Lipinski definition) is 2. The monoisotopic (exact) mass is 875 g/mol. The minimum absolute atomic E-state index is 0.103. The molecule has 2 N–H and O–H groups in total. The van der Waals surface area contributed by atoms with E-state index >= 15 is 0 Å². The lowest BCUT2D eigenvalue weighted by Crippen LogP contribution is -2.66. The smallest absolute Gasteiger partial charge is 0.303 e. The number of benzene rings is 5. The van der Waals surface area contributed by atoms with Crippen molar-refractivity contribution in [2.24, 2.45) is 0 Å². The summed E-state index contributed by atoms with van der Waals surface area (Å²) in [6.45, 7) is 3.54. The van der Waals surface area contributed by atoms with Gasteiger partial charge in [0.25, 0.3) is 0 Å². The van der Waals surface area contributed by atoms with Gasteiger partial charge < -0.3 is 53.1 Å². The van der Waals surface area contributed by atoms with E-state index in [1.165, 1.54) is 13.8 Å². The Labute approximate surface area is 374 Å². The highest BCUT2D eigenvalue weighted by Gasteiger charge is 2.52. The molecule has 5 aromatic carbocycles. The van der Waals surface area contributed by atoms with Gasteiger partial charge in [-0.05, 0) is 27.8 Å². The van der Waals surface area contributed by atoms with Gasteiger partial charge in [-0.1, -0.05) is 152 Å². The van der Waals surface area contributed by atoms with Crippen molar-refractivity contribution >= 4 is 11.9 Å². The highest BCUT2D eigenvalue weighted by Crippen LogP contribution is 2.33. The largest absolute Gasteiger partial charge is 0.457 e. The molecule has 13 heteroatoms. The molecule has 1 amide bonds. The molecular formula is C51H57NO12. The zero-order chi connectivity index (χ0) is 44.5. The second-order valence-electron chi connectivity index (χ2n) is 15.8. The van der Waals surface area contributed by atoms with Crippen LogP contribution in [0.2, 0.25) is 0 Å².